The molecule has 15 heavy (non-hydrogen) atoms. The zero-order valence-electron chi connectivity index (χ0n) is 8.72. The van der Waals surface area contributed by atoms with Crippen molar-refractivity contribution in [3.05, 3.63) is 35.9 Å². The quantitative estimate of drug-likeness (QED) is 0.752. The standard InChI is InChI=1S/C11H17NO2S/c12-15(13,14)10-6-2-5-9-11-7-3-1-4-8-11/h1,3-4,7-8H,2,5-6,9-10H2,(H2,12,13,14). The molecule has 0 spiro atoms. The highest BCUT2D eigenvalue weighted by molar-refractivity contribution is 7.89. The van der Waals surface area contributed by atoms with Crippen LogP contribution in [0.15, 0.2) is 30.3 Å². The molecule has 1 aromatic carbocycles. The van der Waals surface area contributed by atoms with E-state index in [4.69, 9.17) is 5.14 Å². The average molecular weight is 227 g/mol. The van der Waals surface area contributed by atoms with Crippen molar-refractivity contribution in [2.75, 3.05) is 5.75 Å². The molecule has 1 rings (SSSR count). The van der Waals surface area contributed by atoms with Gasteiger partial charge in [0.1, 0.15) is 0 Å². The van der Waals surface area contributed by atoms with Gasteiger partial charge < -0.3 is 0 Å². The molecule has 3 nitrogen and oxygen atoms in total. The van der Waals surface area contributed by atoms with E-state index >= 15 is 0 Å². The fraction of sp³-hybridized carbons (Fsp3) is 0.455. The fourth-order valence-electron chi connectivity index (χ4n) is 1.45. The van der Waals surface area contributed by atoms with Crippen molar-refractivity contribution in [1.29, 1.82) is 0 Å². The third-order valence-electron chi connectivity index (χ3n) is 2.24. The lowest BCUT2D eigenvalue weighted by molar-refractivity contribution is 0.591. The van der Waals surface area contributed by atoms with Crippen LogP contribution in [0.5, 0.6) is 0 Å². The Hall–Kier alpha value is -0.870. The van der Waals surface area contributed by atoms with Gasteiger partial charge in [0.15, 0.2) is 0 Å². The molecule has 0 heterocycles. The van der Waals surface area contributed by atoms with Gasteiger partial charge in [-0.2, -0.15) is 0 Å². The minimum Gasteiger partial charge on any atom is -0.229 e. The molecular weight excluding hydrogens is 210 g/mol. The maximum Gasteiger partial charge on any atom is 0.209 e. The molecule has 84 valence electrons. The first-order valence-electron chi connectivity index (χ1n) is 5.12. The van der Waals surface area contributed by atoms with Crippen molar-refractivity contribution in [1.82, 2.24) is 0 Å². The molecule has 0 unspecified atom stereocenters. The lowest BCUT2D eigenvalue weighted by Crippen LogP contribution is -2.16. The second-order valence-electron chi connectivity index (χ2n) is 3.66. The summed E-state index contributed by atoms with van der Waals surface area (Å²) in [7, 11) is -3.27. The van der Waals surface area contributed by atoms with Gasteiger partial charge in [0.2, 0.25) is 10.0 Å². The molecule has 0 saturated heterocycles. The second-order valence-corrected chi connectivity index (χ2v) is 5.40. The molecule has 0 fully saturated rings. The van der Waals surface area contributed by atoms with Gasteiger partial charge in [-0.25, -0.2) is 13.6 Å². The monoisotopic (exact) mass is 227 g/mol. The number of unbranched alkanes of at least 4 members (excludes halogenated alkanes) is 2. The van der Waals surface area contributed by atoms with Gasteiger partial charge >= 0.3 is 0 Å². The number of sulfonamides is 1. The lowest BCUT2D eigenvalue weighted by atomic mass is 10.1. The number of hydrogen-bond acceptors (Lipinski definition) is 2. The molecule has 0 aliphatic rings. The fourth-order valence-corrected chi connectivity index (χ4v) is 2.06. The Labute approximate surface area is 91.4 Å². The Morgan fingerprint density at radius 2 is 1.67 bits per heavy atom. The Kier molecular flexibility index (Phi) is 4.78. The normalized spacial score (nSPS) is 11.5. The van der Waals surface area contributed by atoms with Gasteiger partial charge in [-0.05, 0) is 24.8 Å². The molecule has 0 radical (unpaired) electrons. The van der Waals surface area contributed by atoms with E-state index in [1.54, 1.807) is 0 Å². The van der Waals surface area contributed by atoms with Gasteiger partial charge in [0.25, 0.3) is 0 Å². The maximum atomic E-state index is 10.6. The van der Waals surface area contributed by atoms with Crippen LogP contribution >= 0.6 is 0 Å². The molecule has 1 aromatic rings. The smallest absolute Gasteiger partial charge is 0.209 e. The summed E-state index contributed by atoms with van der Waals surface area (Å²) in [6.07, 6.45) is 3.59. The van der Waals surface area contributed by atoms with E-state index in [2.05, 4.69) is 12.1 Å². The van der Waals surface area contributed by atoms with Crippen molar-refractivity contribution in [2.24, 2.45) is 5.14 Å². The molecule has 0 bridgehead atoms. The number of hydrogen-bond donors (Lipinski definition) is 1. The minimum absolute atomic E-state index is 0.0990. The lowest BCUT2D eigenvalue weighted by Gasteiger charge is -2.01. The predicted molar refractivity (Wildman–Crippen MR) is 62.0 cm³/mol. The van der Waals surface area contributed by atoms with E-state index in [9.17, 15) is 8.42 Å². The van der Waals surface area contributed by atoms with Gasteiger partial charge in [-0.15, -0.1) is 0 Å². The third-order valence-corrected chi connectivity index (χ3v) is 3.09. The van der Waals surface area contributed by atoms with Crippen LogP contribution in [0.3, 0.4) is 0 Å². The van der Waals surface area contributed by atoms with Crippen LogP contribution in [0.4, 0.5) is 0 Å². The number of nitrogens with two attached hydrogens (primary N) is 1. The SMILES string of the molecule is NS(=O)(=O)CCCCCc1ccccc1. The van der Waals surface area contributed by atoms with E-state index in [-0.39, 0.29) is 5.75 Å². The summed E-state index contributed by atoms with van der Waals surface area (Å²) in [5.41, 5.74) is 1.30. The maximum absolute atomic E-state index is 10.6. The van der Waals surface area contributed by atoms with Gasteiger partial charge in [-0.1, -0.05) is 36.8 Å². The van der Waals surface area contributed by atoms with Crippen LogP contribution in [0.2, 0.25) is 0 Å². The average Bonchev–Trinajstić information content (AvgIpc) is 2.17. The molecule has 2 N–H and O–H groups in total. The van der Waals surface area contributed by atoms with E-state index in [0.717, 1.165) is 19.3 Å². The van der Waals surface area contributed by atoms with Crippen molar-refractivity contribution in [3.63, 3.8) is 0 Å². The molecule has 0 aliphatic carbocycles. The number of benzene rings is 1. The Bertz CT molecular complexity index is 373. The summed E-state index contributed by atoms with van der Waals surface area (Å²) in [6.45, 7) is 0. The third kappa shape index (κ3) is 6.25. The number of primary sulfonamides is 1. The van der Waals surface area contributed by atoms with E-state index in [1.165, 1.54) is 5.56 Å². The van der Waals surface area contributed by atoms with Crippen LogP contribution in [-0.2, 0) is 16.4 Å². The topological polar surface area (TPSA) is 60.2 Å². The zero-order valence-corrected chi connectivity index (χ0v) is 9.54. The summed E-state index contributed by atoms with van der Waals surface area (Å²) in [5.74, 6) is 0.0990. The van der Waals surface area contributed by atoms with E-state index in [0.29, 0.717) is 6.42 Å². The predicted octanol–water partition coefficient (Wildman–Crippen LogP) is 1.69. The molecule has 4 heteroatoms. The highest BCUT2D eigenvalue weighted by atomic mass is 32.2. The van der Waals surface area contributed by atoms with Crippen LogP contribution in [-0.4, -0.2) is 14.2 Å². The molecular formula is C11H17NO2S. The molecule has 0 aromatic heterocycles. The molecule has 0 saturated carbocycles. The highest BCUT2D eigenvalue weighted by Crippen LogP contribution is 2.06. The van der Waals surface area contributed by atoms with E-state index in [1.807, 2.05) is 18.2 Å². The van der Waals surface area contributed by atoms with Crippen LogP contribution in [0, 0.1) is 0 Å². The van der Waals surface area contributed by atoms with Crippen molar-refractivity contribution >= 4 is 10.0 Å². The van der Waals surface area contributed by atoms with Crippen LogP contribution in [0.25, 0.3) is 0 Å². The number of aryl methyl sites for hydroxylation is 1. The van der Waals surface area contributed by atoms with Crippen molar-refractivity contribution in [2.45, 2.75) is 25.7 Å². The summed E-state index contributed by atoms with van der Waals surface area (Å²) in [5, 5.41) is 4.90. The van der Waals surface area contributed by atoms with Crippen LogP contribution < -0.4 is 5.14 Å². The first kappa shape index (κ1) is 12.2. The second kappa shape index (κ2) is 5.88. The van der Waals surface area contributed by atoms with Crippen molar-refractivity contribution < 1.29 is 8.42 Å². The highest BCUT2D eigenvalue weighted by Gasteiger charge is 2.01. The van der Waals surface area contributed by atoms with Gasteiger partial charge in [0.05, 0.1) is 5.75 Å². The summed E-state index contributed by atoms with van der Waals surface area (Å²) in [6, 6.07) is 10.2. The first-order chi connectivity index (χ1) is 7.08. The van der Waals surface area contributed by atoms with Gasteiger partial charge in [0, 0.05) is 0 Å². The largest absolute Gasteiger partial charge is 0.229 e. The summed E-state index contributed by atoms with van der Waals surface area (Å²) < 4.78 is 21.3. The summed E-state index contributed by atoms with van der Waals surface area (Å²) >= 11 is 0. The molecule has 0 amide bonds. The van der Waals surface area contributed by atoms with E-state index < -0.39 is 10.0 Å². The zero-order chi connectivity index (χ0) is 11.1. The number of rotatable bonds is 6. The van der Waals surface area contributed by atoms with Crippen LogP contribution in [0.1, 0.15) is 24.8 Å². The Morgan fingerprint density at radius 1 is 1.00 bits per heavy atom. The first-order valence-corrected chi connectivity index (χ1v) is 6.84. The summed E-state index contributed by atoms with van der Waals surface area (Å²) in [4.78, 5) is 0. The van der Waals surface area contributed by atoms with Crippen molar-refractivity contribution in [3.8, 4) is 0 Å². The minimum atomic E-state index is -3.27. The van der Waals surface area contributed by atoms with Gasteiger partial charge in [-0.3, -0.25) is 0 Å². The molecule has 0 atom stereocenters. The Morgan fingerprint density at radius 3 is 2.27 bits per heavy atom. The Balaban J connectivity index is 2.13. The molecule has 0 aliphatic heterocycles.